The van der Waals surface area contributed by atoms with Crippen LogP contribution in [-0.4, -0.2) is 35.3 Å². The van der Waals surface area contributed by atoms with E-state index in [1.807, 2.05) is 0 Å². The molecule has 0 spiro atoms. The molecule has 2 N–H and O–H groups in total. The molecule has 1 amide bonds. The Morgan fingerprint density at radius 1 is 1.28 bits per heavy atom. The van der Waals surface area contributed by atoms with Crippen LogP contribution in [0.15, 0.2) is 36.7 Å². The average Bonchev–Trinajstić information content (AvgIpc) is 3.27. The Morgan fingerprint density at radius 2 is 1.96 bits per heavy atom. The van der Waals surface area contributed by atoms with E-state index in [2.05, 4.69) is 15.3 Å². The summed E-state index contributed by atoms with van der Waals surface area (Å²) in [5, 5.41) is 2.28. The summed E-state index contributed by atoms with van der Waals surface area (Å²) in [7, 11) is -3.47. The number of rotatable bonds is 6. The van der Waals surface area contributed by atoms with Crippen molar-refractivity contribution in [3.05, 3.63) is 53.9 Å². The highest BCUT2D eigenvalue weighted by Crippen LogP contribution is 2.25. The minimum atomic E-state index is -3.47. The van der Waals surface area contributed by atoms with Gasteiger partial charge in [0.05, 0.1) is 5.25 Å². The number of hydrogen-bond donors (Lipinski definition) is 2. The van der Waals surface area contributed by atoms with Crippen LogP contribution in [-0.2, 0) is 14.6 Å². The SMILES string of the molecule is O=C(CS(=O)(=O)C1CCCC1)N[C@H](c1ccc(F)cc1)c1ncc[nH]1. The van der Waals surface area contributed by atoms with Gasteiger partial charge in [-0.05, 0) is 30.5 Å². The van der Waals surface area contributed by atoms with Crippen LogP contribution in [0.2, 0.25) is 0 Å². The number of aromatic nitrogens is 2. The van der Waals surface area contributed by atoms with Gasteiger partial charge < -0.3 is 10.3 Å². The first-order valence-electron chi connectivity index (χ1n) is 8.21. The number of carbonyl (C=O) groups excluding carboxylic acids is 1. The number of imidazole rings is 1. The summed E-state index contributed by atoms with van der Waals surface area (Å²) < 4.78 is 37.9. The zero-order chi connectivity index (χ0) is 17.9. The molecule has 0 aliphatic heterocycles. The molecule has 1 aliphatic rings. The van der Waals surface area contributed by atoms with Crippen LogP contribution in [0.5, 0.6) is 0 Å². The Morgan fingerprint density at radius 3 is 2.56 bits per heavy atom. The van der Waals surface area contributed by atoms with E-state index in [0.717, 1.165) is 12.8 Å². The Balaban J connectivity index is 1.76. The first kappa shape index (κ1) is 17.6. The summed E-state index contributed by atoms with van der Waals surface area (Å²) >= 11 is 0. The predicted molar refractivity (Wildman–Crippen MR) is 91.0 cm³/mol. The van der Waals surface area contributed by atoms with Gasteiger partial charge in [0.25, 0.3) is 0 Å². The number of aromatic amines is 1. The maximum atomic E-state index is 13.2. The molecule has 1 fully saturated rings. The molecule has 0 radical (unpaired) electrons. The maximum Gasteiger partial charge on any atom is 0.236 e. The summed E-state index contributed by atoms with van der Waals surface area (Å²) in [6, 6.07) is 4.98. The number of benzene rings is 1. The summed E-state index contributed by atoms with van der Waals surface area (Å²) in [5.41, 5.74) is 0.614. The Bertz CT molecular complexity index is 813. The van der Waals surface area contributed by atoms with Crippen molar-refractivity contribution in [2.24, 2.45) is 0 Å². The molecule has 0 bridgehead atoms. The molecule has 3 rings (SSSR count). The van der Waals surface area contributed by atoms with Gasteiger partial charge in [-0.15, -0.1) is 0 Å². The third-order valence-electron chi connectivity index (χ3n) is 4.44. The lowest BCUT2D eigenvalue weighted by molar-refractivity contribution is -0.119. The molecule has 6 nitrogen and oxygen atoms in total. The van der Waals surface area contributed by atoms with Crippen molar-refractivity contribution in [1.82, 2.24) is 15.3 Å². The fraction of sp³-hybridized carbons (Fsp3) is 0.412. The molecule has 25 heavy (non-hydrogen) atoms. The van der Waals surface area contributed by atoms with Gasteiger partial charge in [0.15, 0.2) is 9.84 Å². The van der Waals surface area contributed by atoms with Crippen LogP contribution < -0.4 is 5.32 Å². The quantitative estimate of drug-likeness (QED) is 0.820. The summed E-state index contributed by atoms with van der Waals surface area (Å²) in [5.74, 6) is -1.07. The molecule has 1 aromatic carbocycles. The molecule has 1 heterocycles. The molecule has 0 saturated heterocycles. The number of halogens is 1. The van der Waals surface area contributed by atoms with Gasteiger partial charge in [0, 0.05) is 12.4 Å². The van der Waals surface area contributed by atoms with E-state index in [0.29, 0.717) is 24.2 Å². The Kier molecular flexibility index (Phi) is 5.17. The van der Waals surface area contributed by atoms with E-state index in [1.165, 1.54) is 30.5 Å². The molecular weight excluding hydrogens is 345 g/mol. The fourth-order valence-corrected chi connectivity index (χ4v) is 4.89. The average molecular weight is 365 g/mol. The normalized spacial score (nSPS) is 16.7. The van der Waals surface area contributed by atoms with Crippen molar-refractivity contribution in [2.45, 2.75) is 37.0 Å². The number of nitrogens with one attached hydrogen (secondary N) is 2. The van der Waals surface area contributed by atoms with Crippen molar-refractivity contribution in [3.8, 4) is 0 Å². The van der Waals surface area contributed by atoms with Gasteiger partial charge in [0.2, 0.25) is 5.91 Å². The lowest BCUT2D eigenvalue weighted by Crippen LogP contribution is -2.37. The van der Waals surface area contributed by atoms with E-state index in [1.54, 1.807) is 6.20 Å². The zero-order valence-corrected chi connectivity index (χ0v) is 14.4. The number of sulfone groups is 1. The second kappa shape index (κ2) is 7.35. The van der Waals surface area contributed by atoms with Crippen LogP contribution >= 0.6 is 0 Å². The van der Waals surface area contributed by atoms with Crippen molar-refractivity contribution >= 4 is 15.7 Å². The highest BCUT2D eigenvalue weighted by Gasteiger charge is 2.31. The third kappa shape index (κ3) is 4.25. The van der Waals surface area contributed by atoms with Gasteiger partial charge in [-0.3, -0.25) is 4.79 Å². The molecular formula is C17H20FN3O3S. The largest absolute Gasteiger partial charge is 0.347 e. The predicted octanol–water partition coefficient (Wildman–Crippen LogP) is 2.11. The minimum Gasteiger partial charge on any atom is -0.347 e. The van der Waals surface area contributed by atoms with Crippen molar-refractivity contribution in [2.75, 3.05) is 5.75 Å². The lowest BCUT2D eigenvalue weighted by atomic mass is 10.1. The topological polar surface area (TPSA) is 91.9 Å². The van der Waals surface area contributed by atoms with Gasteiger partial charge >= 0.3 is 0 Å². The molecule has 2 aromatic rings. The molecule has 8 heteroatoms. The molecule has 0 unspecified atom stereocenters. The van der Waals surface area contributed by atoms with Crippen LogP contribution in [0.25, 0.3) is 0 Å². The number of amides is 1. The third-order valence-corrected chi connectivity index (χ3v) is 6.60. The first-order chi connectivity index (χ1) is 12.0. The zero-order valence-electron chi connectivity index (χ0n) is 13.6. The van der Waals surface area contributed by atoms with Gasteiger partial charge in [-0.2, -0.15) is 0 Å². The standard InChI is InChI=1S/C17H20FN3O3S/c18-13-7-5-12(6-8-13)16(17-19-9-10-20-17)21-15(22)11-25(23,24)14-3-1-2-4-14/h5-10,14,16H,1-4,11H2,(H,19,20)(H,21,22)/t16-/m1/s1. The van der Waals surface area contributed by atoms with Gasteiger partial charge in [-0.25, -0.2) is 17.8 Å². The van der Waals surface area contributed by atoms with Gasteiger partial charge in [0.1, 0.15) is 23.4 Å². The highest BCUT2D eigenvalue weighted by molar-refractivity contribution is 7.92. The van der Waals surface area contributed by atoms with E-state index in [-0.39, 0.29) is 0 Å². The summed E-state index contributed by atoms with van der Waals surface area (Å²) in [4.78, 5) is 19.4. The Hall–Kier alpha value is -2.22. The van der Waals surface area contributed by atoms with E-state index < -0.39 is 38.6 Å². The van der Waals surface area contributed by atoms with Crippen molar-refractivity contribution in [3.63, 3.8) is 0 Å². The lowest BCUT2D eigenvalue weighted by Gasteiger charge is -2.18. The van der Waals surface area contributed by atoms with Gasteiger partial charge in [-0.1, -0.05) is 25.0 Å². The van der Waals surface area contributed by atoms with Crippen molar-refractivity contribution in [1.29, 1.82) is 0 Å². The summed E-state index contributed by atoms with van der Waals surface area (Å²) in [6.45, 7) is 0. The monoisotopic (exact) mass is 365 g/mol. The molecule has 1 atom stereocenters. The van der Waals surface area contributed by atoms with E-state index in [9.17, 15) is 17.6 Å². The van der Waals surface area contributed by atoms with E-state index in [4.69, 9.17) is 0 Å². The number of carbonyl (C=O) groups is 1. The maximum absolute atomic E-state index is 13.2. The highest BCUT2D eigenvalue weighted by atomic mass is 32.2. The molecule has 1 aliphatic carbocycles. The summed E-state index contributed by atoms with van der Waals surface area (Å²) in [6.07, 6.45) is 6.15. The Labute approximate surface area is 145 Å². The van der Waals surface area contributed by atoms with Crippen LogP contribution in [0, 0.1) is 5.82 Å². The second-order valence-electron chi connectivity index (χ2n) is 6.24. The number of nitrogens with zero attached hydrogens (tertiary/aromatic N) is 1. The first-order valence-corrected chi connectivity index (χ1v) is 9.93. The van der Waals surface area contributed by atoms with Crippen LogP contribution in [0.3, 0.4) is 0 Å². The number of hydrogen-bond acceptors (Lipinski definition) is 4. The molecule has 1 aromatic heterocycles. The smallest absolute Gasteiger partial charge is 0.236 e. The molecule has 134 valence electrons. The molecule has 1 saturated carbocycles. The second-order valence-corrected chi connectivity index (χ2v) is 8.52. The fourth-order valence-electron chi connectivity index (χ4n) is 3.15. The van der Waals surface area contributed by atoms with Crippen molar-refractivity contribution < 1.29 is 17.6 Å². The minimum absolute atomic E-state index is 0.392. The van der Waals surface area contributed by atoms with Crippen LogP contribution in [0.1, 0.15) is 43.1 Å². The number of H-pyrrole nitrogens is 1. The van der Waals surface area contributed by atoms with E-state index >= 15 is 0 Å². The van der Waals surface area contributed by atoms with Crippen LogP contribution in [0.4, 0.5) is 4.39 Å².